The second kappa shape index (κ2) is 4.04. The van der Waals surface area contributed by atoms with Gasteiger partial charge in [-0.2, -0.15) is 4.98 Å². The predicted octanol–water partition coefficient (Wildman–Crippen LogP) is -0.0868. The summed E-state index contributed by atoms with van der Waals surface area (Å²) < 4.78 is 10.3. The summed E-state index contributed by atoms with van der Waals surface area (Å²) in [7, 11) is 0. The fourth-order valence-electron chi connectivity index (χ4n) is 1.39. The van der Waals surface area contributed by atoms with Crippen molar-refractivity contribution >= 4 is 0 Å². The number of rotatable bonds is 3. The van der Waals surface area contributed by atoms with Crippen molar-refractivity contribution in [1.29, 1.82) is 0 Å². The summed E-state index contributed by atoms with van der Waals surface area (Å²) in [6.45, 7) is 0.535. The van der Waals surface area contributed by atoms with E-state index in [0.29, 0.717) is 5.82 Å². The molecule has 14 heavy (non-hydrogen) atoms. The third-order valence-electron chi connectivity index (χ3n) is 2.19. The molecule has 2 rings (SSSR count). The Hall–Kier alpha value is -0.980. The molecule has 0 saturated carbocycles. The molecule has 2 atom stereocenters. The standard InChI is InChI=1S/C8H13N3O3/c9-5(4-12)8-10-7(11-14-8)6-2-1-3-13-6/h5-6,12H,1-4,9H2/t5-,6?/m1/s1. The molecule has 0 aromatic carbocycles. The van der Waals surface area contributed by atoms with Gasteiger partial charge in [0, 0.05) is 6.61 Å². The number of hydrogen-bond acceptors (Lipinski definition) is 6. The van der Waals surface area contributed by atoms with E-state index in [1.54, 1.807) is 0 Å². The molecule has 0 radical (unpaired) electrons. The van der Waals surface area contributed by atoms with Crippen LogP contribution in [0, 0.1) is 0 Å². The van der Waals surface area contributed by atoms with E-state index >= 15 is 0 Å². The van der Waals surface area contributed by atoms with Gasteiger partial charge in [0.25, 0.3) is 0 Å². The highest BCUT2D eigenvalue weighted by molar-refractivity contribution is 4.96. The van der Waals surface area contributed by atoms with Gasteiger partial charge in [-0.25, -0.2) is 0 Å². The van der Waals surface area contributed by atoms with Crippen LogP contribution >= 0.6 is 0 Å². The second-order valence-electron chi connectivity index (χ2n) is 3.28. The molecule has 0 amide bonds. The van der Waals surface area contributed by atoms with Crippen LogP contribution in [0.4, 0.5) is 0 Å². The van der Waals surface area contributed by atoms with Crippen molar-refractivity contribution in [1.82, 2.24) is 10.1 Å². The molecule has 1 aliphatic heterocycles. The quantitative estimate of drug-likeness (QED) is 0.706. The summed E-state index contributed by atoms with van der Waals surface area (Å²) in [6.07, 6.45) is 1.85. The number of ether oxygens (including phenoxy) is 1. The highest BCUT2D eigenvalue weighted by atomic mass is 16.5. The monoisotopic (exact) mass is 199 g/mol. The summed E-state index contributed by atoms with van der Waals surface area (Å²) in [5.41, 5.74) is 5.52. The molecule has 1 saturated heterocycles. The van der Waals surface area contributed by atoms with E-state index < -0.39 is 6.04 Å². The van der Waals surface area contributed by atoms with Crippen molar-refractivity contribution in [3.8, 4) is 0 Å². The number of aromatic nitrogens is 2. The Bertz CT molecular complexity index is 296. The molecule has 6 heteroatoms. The minimum Gasteiger partial charge on any atom is -0.394 e. The van der Waals surface area contributed by atoms with E-state index in [-0.39, 0.29) is 18.6 Å². The first kappa shape index (κ1) is 9.57. The molecule has 1 aromatic heterocycles. The van der Waals surface area contributed by atoms with Gasteiger partial charge in [-0.05, 0) is 12.8 Å². The average molecular weight is 199 g/mol. The first-order valence-corrected chi connectivity index (χ1v) is 4.63. The zero-order valence-corrected chi connectivity index (χ0v) is 7.72. The maximum absolute atomic E-state index is 8.78. The van der Waals surface area contributed by atoms with Crippen LogP contribution in [0.2, 0.25) is 0 Å². The zero-order chi connectivity index (χ0) is 9.97. The summed E-state index contributed by atoms with van der Waals surface area (Å²) in [5.74, 6) is 0.791. The molecule has 1 aromatic rings. The molecule has 1 fully saturated rings. The predicted molar refractivity (Wildman–Crippen MR) is 46.2 cm³/mol. The Kier molecular flexibility index (Phi) is 2.76. The number of nitrogens with two attached hydrogens (primary N) is 1. The maximum atomic E-state index is 8.78. The lowest BCUT2D eigenvalue weighted by molar-refractivity contribution is 0.103. The number of nitrogens with zero attached hydrogens (tertiary/aromatic N) is 2. The van der Waals surface area contributed by atoms with Crippen molar-refractivity contribution in [2.75, 3.05) is 13.2 Å². The van der Waals surface area contributed by atoms with Gasteiger partial charge in [0.15, 0.2) is 0 Å². The molecule has 78 valence electrons. The Morgan fingerprint density at radius 1 is 1.64 bits per heavy atom. The molecular weight excluding hydrogens is 186 g/mol. The zero-order valence-electron chi connectivity index (χ0n) is 7.72. The molecule has 1 aliphatic rings. The normalized spacial score (nSPS) is 24.0. The van der Waals surface area contributed by atoms with Crippen molar-refractivity contribution in [2.45, 2.75) is 25.0 Å². The van der Waals surface area contributed by atoms with Crippen molar-refractivity contribution in [2.24, 2.45) is 5.73 Å². The lowest BCUT2D eigenvalue weighted by atomic mass is 10.2. The topological polar surface area (TPSA) is 94.4 Å². The minimum absolute atomic E-state index is 0.0709. The van der Waals surface area contributed by atoms with Crippen LogP contribution in [-0.4, -0.2) is 28.5 Å². The minimum atomic E-state index is -0.599. The Morgan fingerprint density at radius 2 is 2.50 bits per heavy atom. The maximum Gasteiger partial charge on any atom is 0.246 e. The number of aliphatic hydroxyl groups is 1. The van der Waals surface area contributed by atoms with Gasteiger partial charge in [-0.3, -0.25) is 0 Å². The molecule has 2 heterocycles. The lowest BCUT2D eigenvalue weighted by Gasteiger charge is -2.01. The van der Waals surface area contributed by atoms with Crippen LogP contribution < -0.4 is 5.73 Å². The molecule has 3 N–H and O–H groups in total. The van der Waals surface area contributed by atoms with Crippen LogP contribution in [0.15, 0.2) is 4.52 Å². The van der Waals surface area contributed by atoms with Crippen LogP contribution in [0.3, 0.4) is 0 Å². The average Bonchev–Trinajstić information content (AvgIpc) is 2.86. The van der Waals surface area contributed by atoms with Crippen LogP contribution in [-0.2, 0) is 4.74 Å². The SMILES string of the molecule is N[C@H](CO)c1nc(C2CCCO2)no1. The van der Waals surface area contributed by atoms with Gasteiger partial charge in [0.1, 0.15) is 12.1 Å². The highest BCUT2D eigenvalue weighted by Gasteiger charge is 2.24. The smallest absolute Gasteiger partial charge is 0.246 e. The third-order valence-corrected chi connectivity index (χ3v) is 2.19. The van der Waals surface area contributed by atoms with E-state index in [9.17, 15) is 0 Å². The van der Waals surface area contributed by atoms with E-state index in [0.717, 1.165) is 19.4 Å². The second-order valence-corrected chi connectivity index (χ2v) is 3.28. The van der Waals surface area contributed by atoms with Crippen molar-refractivity contribution in [3.63, 3.8) is 0 Å². The first-order chi connectivity index (χ1) is 6.81. The van der Waals surface area contributed by atoms with Gasteiger partial charge < -0.3 is 20.1 Å². The van der Waals surface area contributed by atoms with Gasteiger partial charge in [0.2, 0.25) is 11.7 Å². The molecule has 6 nitrogen and oxygen atoms in total. The van der Waals surface area contributed by atoms with Gasteiger partial charge >= 0.3 is 0 Å². The molecule has 0 spiro atoms. The van der Waals surface area contributed by atoms with Crippen molar-refractivity contribution < 1.29 is 14.4 Å². The number of hydrogen-bond donors (Lipinski definition) is 2. The van der Waals surface area contributed by atoms with E-state index in [1.807, 2.05) is 0 Å². The lowest BCUT2D eigenvalue weighted by Crippen LogP contribution is -2.15. The summed E-state index contributed by atoms with van der Waals surface area (Å²) in [6, 6.07) is -0.599. The fourth-order valence-corrected chi connectivity index (χ4v) is 1.39. The van der Waals surface area contributed by atoms with Crippen LogP contribution in [0.1, 0.15) is 36.7 Å². The van der Waals surface area contributed by atoms with Crippen LogP contribution in [0.5, 0.6) is 0 Å². The highest BCUT2D eigenvalue weighted by Crippen LogP contribution is 2.26. The van der Waals surface area contributed by atoms with Gasteiger partial charge in [-0.1, -0.05) is 5.16 Å². The Labute approximate surface area is 81.0 Å². The molecule has 0 bridgehead atoms. The van der Waals surface area contributed by atoms with E-state index in [4.69, 9.17) is 20.1 Å². The fraction of sp³-hybridized carbons (Fsp3) is 0.750. The summed E-state index contributed by atoms with van der Waals surface area (Å²) in [5, 5.41) is 12.5. The largest absolute Gasteiger partial charge is 0.394 e. The molecule has 1 unspecified atom stereocenters. The summed E-state index contributed by atoms with van der Waals surface area (Å²) >= 11 is 0. The van der Waals surface area contributed by atoms with Crippen molar-refractivity contribution in [3.05, 3.63) is 11.7 Å². The summed E-state index contributed by atoms with van der Waals surface area (Å²) in [4.78, 5) is 4.08. The number of aliphatic hydroxyl groups excluding tert-OH is 1. The first-order valence-electron chi connectivity index (χ1n) is 4.63. The third kappa shape index (κ3) is 1.77. The van der Waals surface area contributed by atoms with Crippen LogP contribution in [0.25, 0.3) is 0 Å². The Morgan fingerprint density at radius 3 is 3.14 bits per heavy atom. The molecular formula is C8H13N3O3. The Balaban J connectivity index is 2.08. The van der Waals surface area contributed by atoms with Gasteiger partial charge in [0.05, 0.1) is 6.61 Å². The van der Waals surface area contributed by atoms with E-state index in [2.05, 4.69) is 10.1 Å². The van der Waals surface area contributed by atoms with E-state index in [1.165, 1.54) is 0 Å². The van der Waals surface area contributed by atoms with Gasteiger partial charge in [-0.15, -0.1) is 0 Å². The molecule has 0 aliphatic carbocycles.